The van der Waals surface area contributed by atoms with Gasteiger partial charge in [0.2, 0.25) is 0 Å². The Bertz CT molecular complexity index is 1410. The van der Waals surface area contributed by atoms with Crippen LogP contribution in [0.2, 0.25) is 0 Å². The van der Waals surface area contributed by atoms with Crippen molar-refractivity contribution in [2.24, 2.45) is 7.05 Å². The second kappa shape index (κ2) is 8.70. The molecule has 34 heavy (non-hydrogen) atoms. The molecule has 1 aliphatic carbocycles. The van der Waals surface area contributed by atoms with E-state index in [1.54, 1.807) is 31.6 Å². The highest BCUT2D eigenvalue weighted by Gasteiger charge is 2.24. The van der Waals surface area contributed by atoms with E-state index in [0.717, 1.165) is 11.5 Å². The summed E-state index contributed by atoms with van der Waals surface area (Å²) in [6, 6.07) is 11.1. The van der Waals surface area contributed by atoms with Crippen LogP contribution >= 0.6 is 0 Å². The van der Waals surface area contributed by atoms with Gasteiger partial charge in [0, 0.05) is 60.6 Å². The summed E-state index contributed by atoms with van der Waals surface area (Å²) in [7, 11) is 1.64. The summed E-state index contributed by atoms with van der Waals surface area (Å²) < 4.78 is 3.44. The van der Waals surface area contributed by atoms with Crippen LogP contribution in [-0.2, 0) is 7.05 Å². The topological polar surface area (TPSA) is 94.7 Å². The Morgan fingerprint density at radius 2 is 1.97 bits per heavy atom. The molecule has 1 aliphatic rings. The van der Waals surface area contributed by atoms with Crippen LogP contribution in [0.3, 0.4) is 0 Å². The van der Waals surface area contributed by atoms with Gasteiger partial charge in [-0.2, -0.15) is 0 Å². The molecule has 0 aromatic carbocycles. The maximum absolute atomic E-state index is 13.1. The van der Waals surface area contributed by atoms with Crippen LogP contribution in [0.4, 0.5) is 5.82 Å². The van der Waals surface area contributed by atoms with Crippen molar-refractivity contribution in [3.8, 4) is 22.6 Å². The van der Waals surface area contributed by atoms with Gasteiger partial charge in [-0.25, -0.2) is 9.97 Å². The van der Waals surface area contributed by atoms with Crippen LogP contribution < -0.4 is 10.9 Å². The Morgan fingerprint density at radius 3 is 2.68 bits per heavy atom. The van der Waals surface area contributed by atoms with Crippen molar-refractivity contribution >= 4 is 11.7 Å². The molecule has 0 unspecified atom stereocenters. The van der Waals surface area contributed by atoms with Gasteiger partial charge in [-0.1, -0.05) is 12.1 Å². The van der Waals surface area contributed by atoms with Gasteiger partial charge < -0.3 is 14.5 Å². The minimum absolute atomic E-state index is 0.182. The van der Waals surface area contributed by atoms with Gasteiger partial charge in [-0.15, -0.1) is 0 Å². The molecule has 4 aromatic heterocycles. The van der Waals surface area contributed by atoms with Crippen LogP contribution in [-0.4, -0.2) is 30.0 Å². The zero-order chi connectivity index (χ0) is 23.8. The van der Waals surface area contributed by atoms with E-state index in [1.165, 1.54) is 23.6 Å². The van der Waals surface area contributed by atoms with Gasteiger partial charge >= 0.3 is 0 Å². The first-order chi connectivity index (χ1) is 16.4. The van der Waals surface area contributed by atoms with Gasteiger partial charge in [-0.05, 0) is 51.0 Å². The fourth-order valence-corrected chi connectivity index (χ4v) is 3.97. The van der Waals surface area contributed by atoms with Crippen LogP contribution in [0.15, 0.2) is 66.0 Å². The fraction of sp³-hybridized carbons (Fsp3) is 0.269. The first-order valence-corrected chi connectivity index (χ1v) is 11.4. The monoisotopic (exact) mass is 454 g/mol. The van der Waals surface area contributed by atoms with E-state index in [2.05, 4.69) is 34.1 Å². The molecular formula is C26H26N6O2. The van der Waals surface area contributed by atoms with Crippen molar-refractivity contribution in [1.29, 1.82) is 0 Å². The molecule has 0 radical (unpaired) electrons. The molecule has 1 N–H and O–H groups in total. The Morgan fingerprint density at radius 1 is 1.15 bits per heavy atom. The number of aromatic nitrogens is 5. The van der Waals surface area contributed by atoms with Gasteiger partial charge in [0.15, 0.2) is 5.82 Å². The number of aryl methyl sites for hydroxylation is 1. The standard InChI is InChI=1S/C26H26N6O2/c1-16(2)32-12-11-27-24(32)22-5-4-6-23(29-22)30-25(33)19-13-20(26(34)31(3)15-19)18-9-10-21(28-14-18)17-7-8-17/h4-6,9-17H,7-8H2,1-3H3,(H,29,30,33). The molecule has 1 amide bonds. The third-order valence-electron chi connectivity index (χ3n) is 5.98. The van der Waals surface area contributed by atoms with E-state index in [0.29, 0.717) is 34.1 Å². The van der Waals surface area contributed by atoms with Crippen molar-refractivity contribution in [3.63, 3.8) is 0 Å². The first kappa shape index (κ1) is 21.8. The number of rotatable bonds is 6. The number of pyridine rings is 3. The van der Waals surface area contributed by atoms with Crippen molar-refractivity contribution in [3.05, 3.63) is 82.8 Å². The largest absolute Gasteiger partial charge is 0.327 e. The molecule has 0 bridgehead atoms. The second-order valence-corrected chi connectivity index (χ2v) is 8.92. The highest BCUT2D eigenvalue weighted by Crippen LogP contribution is 2.39. The lowest BCUT2D eigenvalue weighted by Gasteiger charge is -2.12. The molecular weight excluding hydrogens is 428 g/mol. The number of amides is 1. The van der Waals surface area contributed by atoms with E-state index in [9.17, 15) is 9.59 Å². The molecule has 4 aromatic rings. The Balaban J connectivity index is 1.42. The predicted octanol–water partition coefficient (Wildman–Crippen LogP) is 4.42. The molecule has 1 saturated carbocycles. The van der Waals surface area contributed by atoms with Crippen LogP contribution in [0.1, 0.15) is 54.7 Å². The van der Waals surface area contributed by atoms with E-state index in [1.807, 2.05) is 35.0 Å². The van der Waals surface area contributed by atoms with Crippen molar-refractivity contribution < 1.29 is 4.79 Å². The Hall–Kier alpha value is -4.07. The number of hydrogen-bond donors (Lipinski definition) is 1. The molecule has 1 fully saturated rings. The zero-order valence-corrected chi connectivity index (χ0v) is 19.4. The summed E-state index contributed by atoms with van der Waals surface area (Å²) in [4.78, 5) is 39.4. The molecule has 8 heteroatoms. The first-order valence-electron chi connectivity index (χ1n) is 11.4. The minimum atomic E-state index is -0.351. The van der Waals surface area contributed by atoms with Crippen LogP contribution in [0.5, 0.6) is 0 Å². The average molecular weight is 455 g/mol. The van der Waals surface area contributed by atoms with Crippen LogP contribution in [0.25, 0.3) is 22.6 Å². The lowest BCUT2D eigenvalue weighted by molar-refractivity contribution is 0.102. The number of imidazole rings is 1. The SMILES string of the molecule is CC(C)n1ccnc1-c1cccc(NC(=O)c2cc(-c3ccc(C4CC4)nc3)c(=O)n(C)c2)n1. The number of carbonyl (C=O) groups is 1. The summed E-state index contributed by atoms with van der Waals surface area (Å²) in [6.07, 6.45) is 9.22. The average Bonchev–Trinajstić information content (AvgIpc) is 3.56. The molecule has 0 saturated heterocycles. The number of nitrogens with zero attached hydrogens (tertiary/aromatic N) is 5. The van der Waals surface area contributed by atoms with Gasteiger partial charge in [-0.3, -0.25) is 14.6 Å². The number of anilines is 1. The molecule has 8 nitrogen and oxygen atoms in total. The highest BCUT2D eigenvalue weighted by atomic mass is 16.2. The normalized spacial score (nSPS) is 13.3. The lowest BCUT2D eigenvalue weighted by atomic mass is 10.1. The summed E-state index contributed by atoms with van der Waals surface area (Å²) in [5.41, 5.74) is 3.03. The summed E-state index contributed by atoms with van der Waals surface area (Å²) in [6.45, 7) is 4.14. The zero-order valence-electron chi connectivity index (χ0n) is 19.4. The van der Waals surface area contributed by atoms with E-state index >= 15 is 0 Å². The number of hydrogen-bond acceptors (Lipinski definition) is 5. The third-order valence-corrected chi connectivity index (χ3v) is 5.98. The molecule has 4 heterocycles. The quantitative estimate of drug-likeness (QED) is 0.465. The fourth-order valence-electron chi connectivity index (χ4n) is 3.97. The third kappa shape index (κ3) is 4.26. The molecule has 172 valence electrons. The maximum atomic E-state index is 13.1. The van der Waals surface area contributed by atoms with Crippen molar-refractivity contribution in [2.45, 2.75) is 38.6 Å². The predicted molar refractivity (Wildman–Crippen MR) is 131 cm³/mol. The number of nitrogens with one attached hydrogen (secondary N) is 1. The number of carbonyl (C=O) groups excluding carboxylic acids is 1. The Kier molecular flexibility index (Phi) is 5.57. The molecule has 0 atom stereocenters. The Labute approximate surface area is 197 Å². The second-order valence-electron chi connectivity index (χ2n) is 8.92. The smallest absolute Gasteiger partial charge is 0.258 e. The lowest BCUT2D eigenvalue weighted by Crippen LogP contribution is -2.22. The summed E-state index contributed by atoms with van der Waals surface area (Å²) in [5, 5.41) is 2.85. The summed E-state index contributed by atoms with van der Waals surface area (Å²) in [5.74, 6) is 1.33. The molecule has 0 aliphatic heterocycles. The minimum Gasteiger partial charge on any atom is -0.327 e. The van der Waals surface area contributed by atoms with Gasteiger partial charge in [0.25, 0.3) is 11.5 Å². The molecule has 0 spiro atoms. The van der Waals surface area contributed by atoms with E-state index in [4.69, 9.17) is 0 Å². The molecule has 5 rings (SSSR count). The summed E-state index contributed by atoms with van der Waals surface area (Å²) >= 11 is 0. The van der Waals surface area contributed by atoms with E-state index in [-0.39, 0.29) is 17.5 Å². The van der Waals surface area contributed by atoms with Gasteiger partial charge in [0.05, 0.1) is 5.56 Å². The maximum Gasteiger partial charge on any atom is 0.258 e. The van der Waals surface area contributed by atoms with Crippen LogP contribution in [0, 0.1) is 0 Å². The van der Waals surface area contributed by atoms with E-state index < -0.39 is 0 Å². The van der Waals surface area contributed by atoms with Gasteiger partial charge in [0.1, 0.15) is 11.5 Å². The van der Waals surface area contributed by atoms with Crippen molar-refractivity contribution in [1.82, 2.24) is 24.1 Å². The van der Waals surface area contributed by atoms with Crippen molar-refractivity contribution in [2.75, 3.05) is 5.32 Å². The highest BCUT2D eigenvalue weighted by molar-refractivity contribution is 6.04.